The molecule has 0 unspecified atom stereocenters. The Morgan fingerprint density at radius 1 is 1.29 bits per heavy atom. The number of carbonyl (C=O) groups excluding carboxylic acids is 2. The van der Waals surface area contributed by atoms with Crippen molar-refractivity contribution < 1.29 is 14.3 Å². The van der Waals surface area contributed by atoms with E-state index in [1.54, 1.807) is 6.92 Å². The summed E-state index contributed by atoms with van der Waals surface area (Å²) < 4.78 is 4.81. The van der Waals surface area contributed by atoms with E-state index in [0.717, 1.165) is 25.9 Å². The quantitative estimate of drug-likeness (QED) is 0.810. The van der Waals surface area contributed by atoms with Gasteiger partial charge in [0.15, 0.2) is 0 Å². The Balaban J connectivity index is 2.58. The Labute approximate surface area is 102 Å². The van der Waals surface area contributed by atoms with Crippen LogP contribution >= 0.6 is 0 Å². The highest BCUT2D eigenvalue weighted by Crippen LogP contribution is 2.13. The summed E-state index contributed by atoms with van der Waals surface area (Å²) in [5.74, 6) is 0.0676. The molecular formula is C12H22N2O3. The van der Waals surface area contributed by atoms with Crippen molar-refractivity contribution in [3.05, 3.63) is 0 Å². The second-order valence-electron chi connectivity index (χ2n) is 4.62. The molecule has 98 valence electrons. The fourth-order valence-electron chi connectivity index (χ4n) is 1.95. The van der Waals surface area contributed by atoms with Gasteiger partial charge in [-0.25, -0.2) is 4.79 Å². The Morgan fingerprint density at radius 2 is 1.88 bits per heavy atom. The van der Waals surface area contributed by atoms with E-state index in [0.29, 0.717) is 6.61 Å². The van der Waals surface area contributed by atoms with E-state index in [1.165, 1.54) is 0 Å². The lowest BCUT2D eigenvalue weighted by molar-refractivity contribution is -0.133. The Bertz CT molecular complexity index is 273. The van der Waals surface area contributed by atoms with Crippen LogP contribution < -0.4 is 5.32 Å². The Hall–Kier alpha value is -1.26. The van der Waals surface area contributed by atoms with Crippen LogP contribution in [0.25, 0.3) is 0 Å². The number of hydrogen-bond acceptors (Lipinski definition) is 3. The molecule has 0 bridgehead atoms. The summed E-state index contributed by atoms with van der Waals surface area (Å²) in [7, 11) is 0. The van der Waals surface area contributed by atoms with Gasteiger partial charge >= 0.3 is 6.09 Å². The average molecular weight is 242 g/mol. The van der Waals surface area contributed by atoms with Crippen molar-refractivity contribution in [1.82, 2.24) is 10.2 Å². The first-order valence-electron chi connectivity index (χ1n) is 6.28. The van der Waals surface area contributed by atoms with Crippen molar-refractivity contribution in [1.29, 1.82) is 0 Å². The minimum Gasteiger partial charge on any atom is -0.450 e. The normalized spacial score (nSPS) is 17.1. The predicted molar refractivity (Wildman–Crippen MR) is 64.6 cm³/mol. The highest BCUT2D eigenvalue weighted by atomic mass is 16.5. The third-order valence-corrected chi connectivity index (χ3v) is 2.90. The van der Waals surface area contributed by atoms with E-state index in [2.05, 4.69) is 5.32 Å². The molecule has 2 amide bonds. The van der Waals surface area contributed by atoms with Gasteiger partial charge in [-0.3, -0.25) is 4.79 Å². The number of carbonyl (C=O) groups is 2. The lowest BCUT2D eigenvalue weighted by atomic mass is 10.0. The first kappa shape index (κ1) is 13.8. The second-order valence-corrected chi connectivity index (χ2v) is 4.62. The molecule has 0 aromatic rings. The molecule has 0 saturated carbocycles. The smallest absolute Gasteiger partial charge is 0.407 e. The van der Waals surface area contributed by atoms with Crippen molar-refractivity contribution in [2.45, 2.75) is 39.7 Å². The van der Waals surface area contributed by atoms with E-state index >= 15 is 0 Å². The van der Waals surface area contributed by atoms with Crippen LogP contribution in [0.4, 0.5) is 4.79 Å². The SMILES string of the molecule is CCOC(=O)N[C@@H](C(=O)N1CCCC1)C(C)C. The van der Waals surface area contributed by atoms with Gasteiger partial charge in [0.1, 0.15) is 6.04 Å². The maximum atomic E-state index is 12.2. The zero-order valence-corrected chi connectivity index (χ0v) is 10.9. The Kier molecular flexibility index (Phi) is 5.25. The minimum absolute atomic E-state index is 0.00514. The van der Waals surface area contributed by atoms with Gasteiger partial charge in [0.05, 0.1) is 6.61 Å². The van der Waals surface area contributed by atoms with Crippen molar-refractivity contribution >= 4 is 12.0 Å². The van der Waals surface area contributed by atoms with Gasteiger partial charge in [-0.05, 0) is 25.7 Å². The van der Waals surface area contributed by atoms with Gasteiger partial charge in [0.2, 0.25) is 5.91 Å². The topological polar surface area (TPSA) is 58.6 Å². The summed E-state index contributed by atoms with van der Waals surface area (Å²) >= 11 is 0. The van der Waals surface area contributed by atoms with Crippen LogP contribution in [0.15, 0.2) is 0 Å². The number of nitrogens with one attached hydrogen (secondary N) is 1. The zero-order chi connectivity index (χ0) is 12.8. The molecule has 17 heavy (non-hydrogen) atoms. The molecule has 1 saturated heterocycles. The molecule has 0 radical (unpaired) electrons. The number of amides is 2. The summed E-state index contributed by atoms with van der Waals surface area (Å²) in [4.78, 5) is 25.4. The first-order chi connectivity index (χ1) is 8.06. The third kappa shape index (κ3) is 3.91. The molecule has 1 aliphatic heterocycles. The maximum absolute atomic E-state index is 12.2. The summed E-state index contributed by atoms with van der Waals surface area (Å²) in [6, 6.07) is -0.479. The van der Waals surface area contributed by atoms with Crippen LogP contribution in [0.3, 0.4) is 0 Å². The van der Waals surface area contributed by atoms with Gasteiger partial charge in [-0.2, -0.15) is 0 Å². The molecule has 0 aromatic carbocycles. The van der Waals surface area contributed by atoms with E-state index in [-0.39, 0.29) is 11.8 Å². The molecule has 1 rings (SSSR count). The monoisotopic (exact) mass is 242 g/mol. The van der Waals surface area contributed by atoms with Crippen molar-refractivity contribution in [3.63, 3.8) is 0 Å². The van der Waals surface area contributed by atoms with Crippen molar-refractivity contribution in [2.75, 3.05) is 19.7 Å². The number of hydrogen-bond donors (Lipinski definition) is 1. The van der Waals surface area contributed by atoms with E-state index < -0.39 is 12.1 Å². The minimum atomic E-state index is -0.515. The summed E-state index contributed by atoms with van der Waals surface area (Å²) in [5.41, 5.74) is 0. The van der Waals surface area contributed by atoms with Crippen molar-refractivity contribution in [3.8, 4) is 0 Å². The van der Waals surface area contributed by atoms with Gasteiger partial charge < -0.3 is 15.0 Å². The van der Waals surface area contributed by atoms with E-state index in [4.69, 9.17) is 4.74 Å². The molecule has 1 heterocycles. The third-order valence-electron chi connectivity index (χ3n) is 2.90. The number of ether oxygens (including phenoxy) is 1. The van der Waals surface area contributed by atoms with Crippen LogP contribution in [0.5, 0.6) is 0 Å². The second kappa shape index (κ2) is 6.47. The van der Waals surface area contributed by atoms with Crippen molar-refractivity contribution in [2.24, 2.45) is 5.92 Å². The van der Waals surface area contributed by atoms with Crippen LogP contribution in [0.2, 0.25) is 0 Å². The zero-order valence-electron chi connectivity index (χ0n) is 10.9. The number of nitrogens with zero attached hydrogens (tertiary/aromatic N) is 1. The average Bonchev–Trinajstić information content (AvgIpc) is 2.78. The lowest BCUT2D eigenvalue weighted by Gasteiger charge is -2.26. The standard InChI is InChI=1S/C12H22N2O3/c1-4-17-12(16)13-10(9(2)3)11(15)14-7-5-6-8-14/h9-10H,4-8H2,1-3H3,(H,13,16)/t10-/m1/s1. The summed E-state index contributed by atoms with van der Waals surface area (Å²) in [6.45, 7) is 7.50. The van der Waals surface area contributed by atoms with Gasteiger partial charge in [-0.15, -0.1) is 0 Å². The lowest BCUT2D eigenvalue weighted by Crippen LogP contribution is -2.50. The molecule has 5 nitrogen and oxygen atoms in total. The number of rotatable bonds is 4. The molecule has 1 N–H and O–H groups in total. The molecular weight excluding hydrogens is 220 g/mol. The Morgan fingerprint density at radius 3 is 2.35 bits per heavy atom. The van der Waals surface area contributed by atoms with E-state index in [1.807, 2.05) is 18.7 Å². The molecule has 0 aliphatic carbocycles. The molecule has 0 spiro atoms. The van der Waals surface area contributed by atoms with Crippen LogP contribution in [0.1, 0.15) is 33.6 Å². The molecule has 1 atom stereocenters. The number of likely N-dealkylation sites (tertiary alicyclic amines) is 1. The fraction of sp³-hybridized carbons (Fsp3) is 0.833. The summed E-state index contributed by atoms with van der Waals surface area (Å²) in [6.07, 6.45) is 1.59. The molecule has 5 heteroatoms. The van der Waals surface area contributed by atoms with Gasteiger partial charge in [0, 0.05) is 13.1 Å². The molecule has 0 aromatic heterocycles. The highest BCUT2D eigenvalue weighted by Gasteiger charge is 2.30. The van der Waals surface area contributed by atoms with Crippen LogP contribution in [-0.4, -0.2) is 42.6 Å². The van der Waals surface area contributed by atoms with E-state index in [9.17, 15) is 9.59 Å². The first-order valence-corrected chi connectivity index (χ1v) is 6.28. The van der Waals surface area contributed by atoms with Gasteiger partial charge in [0.25, 0.3) is 0 Å². The van der Waals surface area contributed by atoms with Crippen LogP contribution in [0, 0.1) is 5.92 Å². The fourth-order valence-corrected chi connectivity index (χ4v) is 1.95. The largest absolute Gasteiger partial charge is 0.450 e. The summed E-state index contributed by atoms with van der Waals surface area (Å²) in [5, 5.41) is 2.64. The molecule has 1 aliphatic rings. The molecule has 1 fully saturated rings. The van der Waals surface area contributed by atoms with Crippen LogP contribution in [-0.2, 0) is 9.53 Å². The number of alkyl carbamates (subject to hydrolysis) is 1. The maximum Gasteiger partial charge on any atom is 0.407 e. The highest BCUT2D eigenvalue weighted by molar-refractivity contribution is 5.86. The predicted octanol–water partition coefficient (Wildman–Crippen LogP) is 1.38. The van der Waals surface area contributed by atoms with Gasteiger partial charge in [-0.1, -0.05) is 13.8 Å².